The number of urea groups is 1. The Hall–Kier alpha value is -2.37. The zero-order chi connectivity index (χ0) is 16.2. The molecule has 6 heteroatoms. The molecule has 0 bridgehead atoms. The maximum Gasteiger partial charge on any atom is 0.315 e. The Bertz CT molecular complexity index is 671. The van der Waals surface area contributed by atoms with Crippen LogP contribution in [0.4, 0.5) is 9.18 Å². The summed E-state index contributed by atoms with van der Waals surface area (Å²) in [5.74, 6) is 0.0917. The summed E-state index contributed by atoms with van der Waals surface area (Å²) < 4.78 is 15.5. The smallest absolute Gasteiger partial charge is 0.315 e. The molecule has 1 heterocycles. The number of benzene rings is 1. The van der Waals surface area contributed by atoms with E-state index in [0.29, 0.717) is 13.0 Å². The molecule has 23 heavy (non-hydrogen) atoms. The molecule has 1 aliphatic carbocycles. The predicted molar refractivity (Wildman–Crippen MR) is 85.4 cm³/mol. The van der Waals surface area contributed by atoms with E-state index in [1.807, 2.05) is 23.0 Å². The van der Waals surface area contributed by atoms with Crippen molar-refractivity contribution in [3.8, 4) is 0 Å². The zero-order valence-electron chi connectivity index (χ0n) is 13.1. The molecule has 0 fully saturated rings. The molecule has 1 aliphatic rings. The number of nitrogens with one attached hydrogen (secondary N) is 2. The van der Waals surface area contributed by atoms with Gasteiger partial charge in [0.25, 0.3) is 0 Å². The van der Waals surface area contributed by atoms with Crippen LogP contribution in [0.15, 0.2) is 36.7 Å². The molecule has 1 aromatic carbocycles. The molecule has 3 rings (SSSR count). The molecule has 2 aromatic rings. The van der Waals surface area contributed by atoms with Crippen LogP contribution in [0, 0.1) is 11.7 Å². The fraction of sp³-hybridized carbons (Fsp3) is 0.412. The molecule has 122 valence electrons. The normalized spacial score (nSPS) is 17.6. The highest BCUT2D eigenvalue weighted by Crippen LogP contribution is 2.32. The summed E-state index contributed by atoms with van der Waals surface area (Å²) in [5, 5.41) is 9.97. The number of aromatic nitrogens is 2. The fourth-order valence-corrected chi connectivity index (χ4v) is 3.03. The molecule has 0 saturated carbocycles. The average molecular weight is 316 g/mol. The van der Waals surface area contributed by atoms with Crippen LogP contribution in [-0.4, -0.2) is 22.4 Å². The maximum atomic E-state index is 13.7. The molecule has 0 radical (unpaired) electrons. The lowest BCUT2D eigenvalue weighted by atomic mass is 10.1. The van der Waals surface area contributed by atoms with Gasteiger partial charge in [0.15, 0.2) is 0 Å². The summed E-state index contributed by atoms with van der Waals surface area (Å²) in [6, 6.07) is 6.61. The van der Waals surface area contributed by atoms with Crippen molar-refractivity contribution in [1.29, 1.82) is 0 Å². The van der Waals surface area contributed by atoms with Crippen molar-refractivity contribution in [3.63, 3.8) is 0 Å². The number of carbonyl (C=O) groups is 1. The first kappa shape index (κ1) is 15.5. The predicted octanol–water partition coefficient (Wildman–Crippen LogP) is 2.65. The highest BCUT2D eigenvalue weighted by Gasteiger charge is 2.26. The van der Waals surface area contributed by atoms with Gasteiger partial charge in [0.2, 0.25) is 0 Å². The Labute approximate surface area is 134 Å². The van der Waals surface area contributed by atoms with Crippen LogP contribution in [0.25, 0.3) is 0 Å². The number of rotatable bonds is 5. The van der Waals surface area contributed by atoms with E-state index < -0.39 is 0 Å². The third-order valence-corrected chi connectivity index (χ3v) is 4.19. The average Bonchev–Trinajstić information content (AvgIpc) is 3.16. The van der Waals surface area contributed by atoms with Gasteiger partial charge in [-0.25, -0.2) is 9.18 Å². The van der Waals surface area contributed by atoms with Crippen molar-refractivity contribution < 1.29 is 9.18 Å². The Balaban J connectivity index is 1.48. The van der Waals surface area contributed by atoms with E-state index in [9.17, 15) is 9.18 Å². The van der Waals surface area contributed by atoms with Gasteiger partial charge in [0.1, 0.15) is 5.82 Å². The van der Waals surface area contributed by atoms with Gasteiger partial charge in [-0.05, 0) is 42.0 Å². The van der Waals surface area contributed by atoms with Gasteiger partial charge < -0.3 is 10.6 Å². The topological polar surface area (TPSA) is 59.0 Å². The lowest BCUT2D eigenvalue weighted by Gasteiger charge is -2.17. The molecule has 0 aliphatic heterocycles. The molecule has 2 unspecified atom stereocenters. The standard InChI is InChI=1S/C17H21FN4O/c1-12(11-22-9-3-8-20-22)10-19-17(23)21-16-7-6-13-14(16)4-2-5-15(13)18/h2-5,8-9,12,16H,6-7,10-11H2,1H3,(H2,19,21,23). The maximum absolute atomic E-state index is 13.7. The monoisotopic (exact) mass is 316 g/mol. The van der Waals surface area contributed by atoms with E-state index in [1.54, 1.807) is 12.3 Å². The van der Waals surface area contributed by atoms with Gasteiger partial charge in [-0.1, -0.05) is 19.1 Å². The van der Waals surface area contributed by atoms with E-state index in [0.717, 1.165) is 24.1 Å². The van der Waals surface area contributed by atoms with Crippen LogP contribution in [0.3, 0.4) is 0 Å². The van der Waals surface area contributed by atoms with Gasteiger partial charge in [-0.15, -0.1) is 0 Å². The Morgan fingerprint density at radius 1 is 1.48 bits per heavy atom. The number of halogens is 1. The summed E-state index contributed by atoms with van der Waals surface area (Å²) in [4.78, 5) is 12.1. The molecule has 2 amide bonds. The summed E-state index contributed by atoms with van der Waals surface area (Å²) >= 11 is 0. The van der Waals surface area contributed by atoms with Gasteiger partial charge in [0.05, 0.1) is 6.04 Å². The van der Waals surface area contributed by atoms with E-state index in [4.69, 9.17) is 0 Å². The number of hydrogen-bond acceptors (Lipinski definition) is 2. The highest BCUT2D eigenvalue weighted by atomic mass is 19.1. The first-order valence-electron chi connectivity index (χ1n) is 7.92. The third-order valence-electron chi connectivity index (χ3n) is 4.19. The largest absolute Gasteiger partial charge is 0.338 e. The quantitative estimate of drug-likeness (QED) is 0.891. The number of fused-ring (bicyclic) bond motifs is 1. The molecule has 0 saturated heterocycles. The van der Waals surface area contributed by atoms with Crippen molar-refractivity contribution in [2.24, 2.45) is 5.92 Å². The van der Waals surface area contributed by atoms with Gasteiger partial charge in [0, 0.05) is 25.5 Å². The summed E-state index contributed by atoms with van der Waals surface area (Å²) in [6.45, 7) is 3.38. The second-order valence-electron chi connectivity index (χ2n) is 6.09. The summed E-state index contributed by atoms with van der Waals surface area (Å²) in [5.41, 5.74) is 1.62. The zero-order valence-corrected chi connectivity index (χ0v) is 13.1. The van der Waals surface area contributed by atoms with E-state index in [-0.39, 0.29) is 23.8 Å². The molecule has 5 nitrogen and oxygen atoms in total. The molecule has 1 aromatic heterocycles. The Morgan fingerprint density at radius 2 is 2.35 bits per heavy atom. The van der Waals surface area contributed by atoms with Crippen molar-refractivity contribution in [1.82, 2.24) is 20.4 Å². The van der Waals surface area contributed by atoms with Gasteiger partial charge in [-0.2, -0.15) is 5.10 Å². The lowest BCUT2D eigenvalue weighted by Crippen LogP contribution is -2.39. The van der Waals surface area contributed by atoms with Crippen LogP contribution in [0.2, 0.25) is 0 Å². The molecular formula is C17H21FN4O. The minimum absolute atomic E-state index is 0.109. The molecular weight excluding hydrogens is 295 g/mol. The minimum Gasteiger partial charge on any atom is -0.338 e. The molecule has 2 atom stereocenters. The lowest BCUT2D eigenvalue weighted by molar-refractivity contribution is 0.234. The van der Waals surface area contributed by atoms with Crippen LogP contribution in [0.1, 0.15) is 30.5 Å². The number of hydrogen-bond donors (Lipinski definition) is 2. The van der Waals surface area contributed by atoms with E-state index >= 15 is 0 Å². The first-order chi connectivity index (χ1) is 11.1. The van der Waals surface area contributed by atoms with Gasteiger partial charge >= 0.3 is 6.03 Å². The van der Waals surface area contributed by atoms with Crippen molar-refractivity contribution in [3.05, 3.63) is 53.6 Å². The minimum atomic E-state index is -0.209. The van der Waals surface area contributed by atoms with Crippen LogP contribution >= 0.6 is 0 Å². The van der Waals surface area contributed by atoms with E-state index in [2.05, 4.69) is 22.7 Å². The summed E-state index contributed by atoms with van der Waals surface area (Å²) in [7, 11) is 0. The second-order valence-corrected chi connectivity index (χ2v) is 6.09. The number of carbonyl (C=O) groups excluding carboxylic acids is 1. The fourth-order valence-electron chi connectivity index (χ4n) is 3.03. The number of amides is 2. The Kier molecular flexibility index (Phi) is 4.60. The highest BCUT2D eigenvalue weighted by molar-refractivity contribution is 5.74. The van der Waals surface area contributed by atoms with Crippen molar-refractivity contribution in [2.45, 2.75) is 32.4 Å². The third kappa shape index (κ3) is 3.70. The second kappa shape index (κ2) is 6.81. The van der Waals surface area contributed by atoms with Crippen molar-refractivity contribution in [2.75, 3.05) is 6.54 Å². The van der Waals surface area contributed by atoms with Crippen LogP contribution < -0.4 is 10.6 Å². The van der Waals surface area contributed by atoms with Crippen LogP contribution in [0.5, 0.6) is 0 Å². The SMILES string of the molecule is CC(CNC(=O)NC1CCc2c(F)cccc21)Cn1cccn1. The first-order valence-corrected chi connectivity index (χ1v) is 7.92. The van der Waals surface area contributed by atoms with Gasteiger partial charge in [-0.3, -0.25) is 4.68 Å². The van der Waals surface area contributed by atoms with Crippen LogP contribution in [-0.2, 0) is 13.0 Å². The molecule has 0 spiro atoms. The summed E-state index contributed by atoms with van der Waals surface area (Å²) in [6.07, 6.45) is 5.05. The van der Waals surface area contributed by atoms with Crippen molar-refractivity contribution >= 4 is 6.03 Å². The Morgan fingerprint density at radius 3 is 3.13 bits per heavy atom. The van der Waals surface area contributed by atoms with E-state index in [1.165, 1.54) is 6.07 Å². The molecule has 2 N–H and O–H groups in total. The number of nitrogens with zero attached hydrogens (tertiary/aromatic N) is 2.